The minimum atomic E-state index is -3.97. The van der Waals surface area contributed by atoms with Crippen LogP contribution in [0.1, 0.15) is 24.3 Å². The third-order valence-electron chi connectivity index (χ3n) is 6.98. The van der Waals surface area contributed by atoms with Crippen LogP contribution < -0.4 is 0 Å². The van der Waals surface area contributed by atoms with Gasteiger partial charge < -0.3 is 5.11 Å². The van der Waals surface area contributed by atoms with Gasteiger partial charge in [-0.15, -0.1) is 0 Å². The number of aliphatic hydroxyl groups excluding tert-OH is 1. The van der Waals surface area contributed by atoms with E-state index in [2.05, 4.69) is 14.9 Å². The van der Waals surface area contributed by atoms with Gasteiger partial charge in [-0.2, -0.15) is 4.31 Å². The maximum Gasteiger partial charge on any atom is 0.246 e. The SMILES string of the molecule is O=S(=O)(c1ccccc1F)N1CCCCN2[C@H](CO)[C@@H](c3ccc(-c4cncnc4)cc3)[C@@H]2C1. The number of fused-ring (bicyclic) bond motifs is 1. The van der Waals surface area contributed by atoms with Crippen molar-refractivity contribution >= 4 is 10.0 Å². The summed E-state index contributed by atoms with van der Waals surface area (Å²) in [4.78, 5) is 10.0. The molecule has 0 spiro atoms. The molecule has 2 aliphatic heterocycles. The quantitative estimate of drug-likeness (QED) is 0.602. The van der Waals surface area contributed by atoms with E-state index >= 15 is 0 Å². The van der Waals surface area contributed by atoms with E-state index in [4.69, 9.17) is 0 Å². The fraction of sp³-hybridized carbons (Fsp3) is 0.360. The van der Waals surface area contributed by atoms with Crippen LogP contribution in [-0.2, 0) is 10.0 Å². The predicted octanol–water partition coefficient (Wildman–Crippen LogP) is 2.90. The first-order valence-electron chi connectivity index (χ1n) is 11.5. The van der Waals surface area contributed by atoms with E-state index in [1.54, 1.807) is 18.5 Å². The molecule has 5 rings (SSSR count). The number of sulfonamides is 1. The number of nitrogens with zero attached hydrogens (tertiary/aromatic N) is 4. The number of benzene rings is 2. The summed E-state index contributed by atoms with van der Waals surface area (Å²) in [5, 5.41) is 10.2. The molecular weight excluding hydrogens is 455 g/mol. The van der Waals surface area contributed by atoms with Gasteiger partial charge in [0.25, 0.3) is 0 Å². The Bertz CT molecular complexity index is 1240. The van der Waals surface area contributed by atoms with E-state index in [-0.39, 0.29) is 36.0 Å². The predicted molar refractivity (Wildman–Crippen MR) is 126 cm³/mol. The first-order valence-corrected chi connectivity index (χ1v) is 12.9. The molecule has 3 heterocycles. The van der Waals surface area contributed by atoms with Crippen LogP contribution in [0.15, 0.2) is 72.1 Å². The van der Waals surface area contributed by atoms with Gasteiger partial charge in [-0.1, -0.05) is 36.4 Å². The number of aromatic nitrogens is 2. The molecule has 1 aromatic heterocycles. The number of hydrogen-bond donors (Lipinski definition) is 1. The second-order valence-corrected chi connectivity index (χ2v) is 10.7. The van der Waals surface area contributed by atoms with E-state index in [0.29, 0.717) is 13.0 Å². The standard InChI is InChI=1S/C25H27FN4O3S/c26-21-5-1-2-6-24(21)34(32,33)29-11-3-4-12-30-22(15-29)25(23(30)16-31)19-9-7-18(8-10-19)20-13-27-17-28-14-20/h1-2,5-10,13-14,17,22-23,25,31H,3-4,11-12,15-16H2/t22-,23+,25-/m0/s1. The number of hydrogen-bond acceptors (Lipinski definition) is 6. The van der Waals surface area contributed by atoms with Gasteiger partial charge >= 0.3 is 0 Å². The molecule has 0 amide bonds. The lowest BCUT2D eigenvalue weighted by Crippen LogP contribution is -2.67. The Morgan fingerprint density at radius 3 is 2.38 bits per heavy atom. The molecule has 178 valence electrons. The summed E-state index contributed by atoms with van der Waals surface area (Å²) in [7, 11) is -3.97. The van der Waals surface area contributed by atoms with Gasteiger partial charge in [0, 0.05) is 49.0 Å². The van der Waals surface area contributed by atoms with Crippen molar-refractivity contribution in [2.45, 2.75) is 35.7 Å². The molecule has 7 nitrogen and oxygen atoms in total. The van der Waals surface area contributed by atoms with Gasteiger partial charge in [-0.05, 0) is 42.6 Å². The minimum absolute atomic E-state index is 0.00446. The van der Waals surface area contributed by atoms with Gasteiger partial charge in [-0.3, -0.25) is 4.90 Å². The Balaban J connectivity index is 1.44. The first kappa shape index (κ1) is 23.0. The van der Waals surface area contributed by atoms with E-state index < -0.39 is 15.8 Å². The second-order valence-electron chi connectivity index (χ2n) is 8.83. The summed E-state index contributed by atoms with van der Waals surface area (Å²) in [6, 6.07) is 13.4. The third-order valence-corrected chi connectivity index (χ3v) is 8.87. The van der Waals surface area contributed by atoms with Crippen molar-refractivity contribution in [2.24, 2.45) is 0 Å². The minimum Gasteiger partial charge on any atom is -0.395 e. The molecule has 9 heteroatoms. The molecule has 0 saturated carbocycles. The zero-order valence-corrected chi connectivity index (χ0v) is 19.5. The first-order chi connectivity index (χ1) is 16.5. The number of halogens is 1. The van der Waals surface area contributed by atoms with Crippen molar-refractivity contribution in [3.63, 3.8) is 0 Å². The zero-order valence-electron chi connectivity index (χ0n) is 18.7. The number of aliphatic hydroxyl groups is 1. The molecule has 34 heavy (non-hydrogen) atoms. The highest BCUT2D eigenvalue weighted by atomic mass is 32.2. The van der Waals surface area contributed by atoms with Crippen LogP contribution in [0.4, 0.5) is 4.39 Å². The highest BCUT2D eigenvalue weighted by Gasteiger charge is 2.50. The fourth-order valence-electron chi connectivity index (χ4n) is 5.27. The van der Waals surface area contributed by atoms with Crippen molar-refractivity contribution in [1.29, 1.82) is 0 Å². The summed E-state index contributed by atoms with van der Waals surface area (Å²) in [5.74, 6) is -0.761. The van der Waals surface area contributed by atoms with E-state index in [9.17, 15) is 17.9 Å². The van der Waals surface area contributed by atoms with Crippen molar-refractivity contribution in [3.05, 3.63) is 78.6 Å². The van der Waals surface area contributed by atoms with Crippen LogP contribution in [0.25, 0.3) is 11.1 Å². The summed E-state index contributed by atoms with van der Waals surface area (Å²) < 4.78 is 42.5. The van der Waals surface area contributed by atoms with Crippen LogP contribution in [0, 0.1) is 5.82 Å². The van der Waals surface area contributed by atoms with Crippen LogP contribution in [0.3, 0.4) is 0 Å². The lowest BCUT2D eigenvalue weighted by Gasteiger charge is -2.57. The molecule has 3 atom stereocenters. The lowest BCUT2D eigenvalue weighted by molar-refractivity contribution is -0.0554. The summed E-state index contributed by atoms with van der Waals surface area (Å²) in [6.45, 7) is 1.41. The Hall–Kier alpha value is -2.72. The highest BCUT2D eigenvalue weighted by Crippen LogP contribution is 2.43. The van der Waals surface area contributed by atoms with Crippen LogP contribution in [-0.4, -0.2) is 71.0 Å². The Morgan fingerprint density at radius 2 is 1.68 bits per heavy atom. The summed E-state index contributed by atoms with van der Waals surface area (Å²) in [6.07, 6.45) is 6.50. The molecule has 2 saturated heterocycles. The Morgan fingerprint density at radius 1 is 0.971 bits per heavy atom. The fourth-order valence-corrected chi connectivity index (χ4v) is 6.83. The molecule has 0 aliphatic carbocycles. The monoisotopic (exact) mass is 482 g/mol. The maximum atomic E-state index is 14.4. The van der Waals surface area contributed by atoms with E-state index in [1.807, 2.05) is 24.3 Å². The van der Waals surface area contributed by atoms with Gasteiger partial charge in [0.1, 0.15) is 17.0 Å². The van der Waals surface area contributed by atoms with Crippen LogP contribution in [0.2, 0.25) is 0 Å². The molecule has 0 radical (unpaired) electrons. The molecule has 2 fully saturated rings. The molecular formula is C25H27FN4O3S. The Labute approximate surface area is 198 Å². The molecule has 1 N–H and O–H groups in total. The zero-order chi connectivity index (χ0) is 23.7. The highest BCUT2D eigenvalue weighted by molar-refractivity contribution is 7.89. The van der Waals surface area contributed by atoms with Crippen molar-refractivity contribution < 1.29 is 17.9 Å². The average molecular weight is 483 g/mol. The summed E-state index contributed by atoms with van der Waals surface area (Å²) >= 11 is 0. The molecule has 3 aromatic rings. The molecule has 2 aromatic carbocycles. The Kier molecular flexibility index (Phi) is 6.44. The normalized spacial score (nSPS) is 24.0. The number of rotatable bonds is 5. The smallest absolute Gasteiger partial charge is 0.246 e. The topological polar surface area (TPSA) is 86.6 Å². The van der Waals surface area contributed by atoms with Crippen LogP contribution in [0.5, 0.6) is 0 Å². The molecule has 0 unspecified atom stereocenters. The maximum absolute atomic E-state index is 14.4. The lowest BCUT2D eigenvalue weighted by atomic mass is 9.74. The average Bonchev–Trinajstić information content (AvgIpc) is 2.84. The van der Waals surface area contributed by atoms with Crippen LogP contribution >= 0.6 is 0 Å². The van der Waals surface area contributed by atoms with E-state index in [0.717, 1.165) is 29.7 Å². The van der Waals surface area contributed by atoms with Gasteiger partial charge in [0.15, 0.2) is 0 Å². The molecule has 2 aliphatic rings. The molecule has 0 bridgehead atoms. The van der Waals surface area contributed by atoms with Crippen molar-refractivity contribution in [2.75, 3.05) is 26.2 Å². The largest absolute Gasteiger partial charge is 0.395 e. The van der Waals surface area contributed by atoms with Gasteiger partial charge in [0.05, 0.1) is 6.61 Å². The van der Waals surface area contributed by atoms with Crippen molar-refractivity contribution in [1.82, 2.24) is 19.2 Å². The third kappa shape index (κ3) is 4.13. The van der Waals surface area contributed by atoms with Gasteiger partial charge in [0.2, 0.25) is 10.0 Å². The second kappa shape index (κ2) is 9.50. The summed E-state index contributed by atoms with van der Waals surface area (Å²) in [5.41, 5.74) is 2.95. The van der Waals surface area contributed by atoms with Crippen molar-refractivity contribution in [3.8, 4) is 11.1 Å². The van der Waals surface area contributed by atoms with Gasteiger partial charge in [-0.25, -0.2) is 22.8 Å². The van der Waals surface area contributed by atoms with E-state index in [1.165, 1.54) is 28.8 Å².